The summed E-state index contributed by atoms with van der Waals surface area (Å²) in [6.45, 7) is 8.27. The molecule has 0 aromatic heterocycles. The SMILES string of the molecule is COc1ccc(CN2CCC[C@](COc3ccc(Cl)c(C)c3)(CC(=O)N3CCN(C)CC3)C2)cc1CO. The first-order valence-corrected chi connectivity index (χ1v) is 13.5. The Hall–Kier alpha value is -2.32. The molecule has 8 heteroatoms. The van der Waals surface area contributed by atoms with Crippen LogP contribution in [0, 0.1) is 12.3 Å². The van der Waals surface area contributed by atoms with Crippen LogP contribution in [0.5, 0.6) is 11.5 Å². The van der Waals surface area contributed by atoms with E-state index in [1.165, 1.54) is 0 Å². The Bertz CT molecular complexity index is 1070. The first kappa shape index (κ1) is 27.7. The van der Waals surface area contributed by atoms with Gasteiger partial charge in [0.05, 0.1) is 20.3 Å². The summed E-state index contributed by atoms with van der Waals surface area (Å²) in [5.41, 5.74) is 2.61. The van der Waals surface area contributed by atoms with Gasteiger partial charge in [0.2, 0.25) is 5.91 Å². The summed E-state index contributed by atoms with van der Waals surface area (Å²) in [6, 6.07) is 11.7. The number of likely N-dealkylation sites (N-methyl/N-ethyl adjacent to an activating group) is 1. The number of aliphatic hydroxyl groups excluding tert-OH is 1. The molecule has 2 heterocycles. The Morgan fingerprint density at radius 1 is 1.11 bits per heavy atom. The first-order valence-electron chi connectivity index (χ1n) is 13.1. The van der Waals surface area contributed by atoms with Crippen LogP contribution in [0.4, 0.5) is 0 Å². The van der Waals surface area contributed by atoms with Gasteiger partial charge in [0.15, 0.2) is 0 Å². The minimum atomic E-state index is -0.279. The lowest BCUT2D eigenvalue weighted by molar-refractivity contribution is -0.137. The lowest BCUT2D eigenvalue weighted by Gasteiger charge is -2.43. The number of nitrogens with zero attached hydrogens (tertiary/aromatic N) is 3. The minimum Gasteiger partial charge on any atom is -0.496 e. The Morgan fingerprint density at radius 2 is 1.89 bits per heavy atom. The quantitative estimate of drug-likeness (QED) is 0.530. The molecule has 2 aromatic carbocycles. The van der Waals surface area contributed by atoms with E-state index in [9.17, 15) is 9.90 Å². The van der Waals surface area contributed by atoms with Gasteiger partial charge >= 0.3 is 0 Å². The van der Waals surface area contributed by atoms with Crippen molar-refractivity contribution in [2.75, 3.05) is 60.0 Å². The van der Waals surface area contributed by atoms with Crippen LogP contribution in [-0.2, 0) is 17.9 Å². The summed E-state index contributed by atoms with van der Waals surface area (Å²) >= 11 is 6.22. The van der Waals surface area contributed by atoms with E-state index < -0.39 is 0 Å². The zero-order valence-electron chi connectivity index (χ0n) is 22.3. The van der Waals surface area contributed by atoms with Gasteiger partial charge in [-0.25, -0.2) is 0 Å². The van der Waals surface area contributed by atoms with Gasteiger partial charge in [0.25, 0.3) is 0 Å². The largest absolute Gasteiger partial charge is 0.496 e. The summed E-state index contributed by atoms with van der Waals surface area (Å²) in [4.78, 5) is 20.2. The fourth-order valence-corrected chi connectivity index (χ4v) is 5.62. The number of piperazine rings is 1. The molecule has 0 radical (unpaired) electrons. The first-order chi connectivity index (χ1) is 17.8. The number of hydrogen-bond acceptors (Lipinski definition) is 6. The van der Waals surface area contributed by atoms with Gasteiger partial charge in [-0.1, -0.05) is 17.7 Å². The molecule has 1 N–H and O–H groups in total. The fourth-order valence-electron chi connectivity index (χ4n) is 5.50. The van der Waals surface area contributed by atoms with Gasteiger partial charge < -0.3 is 24.4 Å². The van der Waals surface area contributed by atoms with Crippen LogP contribution >= 0.6 is 11.6 Å². The zero-order valence-corrected chi connectivity index (χ0v) is 23.1. The third-order valence-electron chi connectivity index (χ3n) is 7.72. The van der Waals surface area contributed by atoms with E-state index in [2.05, 4.69) is 22.9 Å². The highest BCUT2D eigenvalue weighted by atomic mass is 35.5. The second-order valence-corrected chi connectivity index (χ2v) is 11.1. The van der Waals surface area contributed by atoms with Gasteiger partial charge in [0.1, 0.15) is 11.5 Å². The summed E-state index contributed by atoms with van der Waals surface area (Å²) < 4.78 is 11.7. The van der Waals surface area contributed by atoms with Crippen molar-refractivity contribution >= 4 is 17.5 Å². The van der Waals surface area contributed by atoms with Gasteiger partial charge in [-0.05, 0) is 74.8 Å². The maximum atomic E-state index is 13.5. The van der Waals surface area contributed by atoms with Crippen LogP contribution in [-0.4, -0.2) is 85.7 Å². The predicted octanol–water partition coefficient (Wildman–Crippen LogP) is 3.97. The van der Waals surface area contributed by atoms with Crippen LogP contribution < -0.4 is 9.47 Å². The van der Waals surface area contributed by atoms with Crippen molar-refractivity contribution in [3.05, 3.63) is 58.1 Å². The van der Waals surface area contributed by atoms with Crippen molar-refractivity contribution in [2.24, 2.45) is 5.41 Å². The van der Waals surface area contributed by atoms with E-state index in [-0.39, 0.29) is 17.9 Å². The zero-order chi connectivity index (χ0) is 26.4. The van der Waals surface area contributed by atoms with Crippen LogP contribution in [0.1, 0.15) is 36.0 Å². The summed E-state index contributed by atoms with van der Waals surface area (Å²) in [5, 5.41) is 10.5. The number of benzene rings is 2. The summed E-state index contributed by atoms with van der Waals surface area (Å²) in [6.07, 6.45) is 2.42. The molecule has 202 valence electrons. The summed E-state index contributed by atoms with van der Waals surface area (Å²) in [5.74, 6) is 1.70. The Balaban J connectivity index is 1.51. The van der Waals surface area contributed by atoms with E-state index in [0.717, 1.165) is 86.1 Å². The molecule has 0 spiro atoms. The molecule has 1 atom stereocenters. The van der Waals surface area contributed by atoms with Crippen molar-refractivity contribution in [3.8, 4) is 11.5 Å². The molecule has 2 aliphatic heterocycles. The molecule has 2 saturated heterocycles. The molecule has 2 aliphatic rings. The Labute approximate surface area is 225 Å². The standard InChI is InChI=1S/C29H40ClN3O4/c1-22-15-25(6-7-26(22)30)37-21-29(17-28(35)33-13-11-31(2)12-14-33)9-4-10-32(20-29)18-23-5-8-27(36-3)24(16-23)19-34/h5-8,15-16,34H,4,9-14,17-21H2,1-3H3/t29-/m0/s1. The topological polar surface area (TPSA) is 65.5 Å². The van der Waals surface area contributed by atoms with E-state index in [0.29, 0.717) is 18.8 Å². The Morgan fingerprint density at radius 3 is 2.59 bits per heavy atom. The average Bonchev–Trinajstić information content (AvgIpc) is 2.90. The van der Waals surface area contributed by atoms with Crippen molar-refractivity contribution in [3.63, 3.8) is 0 Å². The highest BCUT2D eigenvalue weighted by molar-refractivity contribution is 6.31. The second kappa shape index (κ2) is 12.5. The molecular weight excluding hydrogens is 490 g/mol. The molecule has 0 saturated carbocycles. The van der Waals surface area contributed by atoms with Gasteiger partial charge in [-0.3, -0.25) is 9.69 Å². The maximum Gasteiger partial charge on any atom is 0.223 e. The normalized spacial score (nSPS) is 21.2. The van der Waals surface area contributed by atoms with Crippen LogP contribution in [0.2, 0.25) is 5.02 Å². The molecule has 2 aromatic rings. The smallest absolute Gasteiger partial charge is 0.223 e. The van der Waals surface area contributed by atoms with Gasteiger partial charge in [0, 0.05) is 61.7 Å². The fraction of sp³-hybridized carbons (Fsp3) is 0.552. The molecule has 1 amide bonds. The average molecular weight is 530 g/mol. The van der Waals surface area contributed by atoms with E-state index in [4.69, 9.17) is 21.1 Å². The lowest BCUT2D eigenvalue weighted by Crippen LogP contribution is -2.52. The van der Waals surface area contributed by atoms with Crippen LogP contribution in [0.25, 0.3) is 0 Å². The number of methoxy groups -OCH3 is 1. The molecule has 4 rings (SSSR count). The number of aliphatic hydroxyl groups is 1. The van der Waals surface area contributed by atoms with Crippen molar-refractivity contribution in [2.45, 2.75) is 39.3 Å². The molecule has 0 aliphatic carbocycles. The van der Waals surface area contributed by atoms with Gasteiger partial charge in [-0.2, -0.15) is 0 Å². The lowest BCUT2D eigenvalue weighted by atomic mass is 9.77. The van der Waals surface area contributed by atoms with E-state index in [1.807, 2.05) is 42.2 Å². The molecule has 37 heavy (non-hydrogen) atoms. The molecule has 0 unspecified atom stereocenters. The van der Waals surface area contributed by atoms with Gasteiger partial charge in [-0.15, -0.1) is 0 Å². The van der Waals surface area contributed by atoms with Crippen molar-refractivity contribution < 1.29 is 19.4 Å². The number of hydrogen-bond donors (Lipinski definition) is 1. The minimum absolute atomic E-state index is 0.0607. The van der Waals surface area contributed by atoms with Crippen molar-refractivity contribution in [1.82, 2.24) is 14.7 Å². The third-order valence-corrected chi connectivity index (χ3v) is 8.14. The van der Waals surface area contributed by atoms with Crippen LogP contribution in [0.3, 0.4) is 0 Å². The number of carbonyl (C=O) groups is 1. The number of carbonyl (C=O) groups excluding carboxylic acids is 1. The number of ether oxygens (including phenoxy) is 2. The van der Waals surface area contributed by atoms with Crippen LogP contribution in [0.15, 0.2) is 36.4 Å². The number of rotatable bonds is 9. The maximum absolute atomic E-state index is 13.5. The third kappa shape index (κ3) is 7.17. The number of amides is 1. The van der Waals surface area contributed by atoms with E-state index >= 15 is 0 Å². The van der Waals surface area contributed by atoms with E-state index in [1.54, 1.807) is 7.11 Å². The highest BCUT2D eigenvalue weighted by Crippen LogP contribution is 2.36. The number of likely N-dealkylation sites (tertiary alicyclic amines) is 1. The molecular formula is C29H40ClN3O4. The number of piperidine rings is 1. The van der Waals surface area contributed by atoms with Crippen molar-refractivity contribution in [1.29, 1.82) is 0 Å². The molecule has 0 bridgehead atoms. The number of halogens is 1. The monoisotopic (exact) mass is 529 g/mol. The Kier molecular flexibility index (Phi) is 9.35. The second-order valence-electron chi connectivity index (χ2n) is 10.7. The number of aryl methyl sites for hydroxylation is 1. The highest BCUT2D eigenvalue weighted by Gasteiger charge is 2.40. The molecule has 2 fully saturated rings. The summed E-state index contributed by atoms with van der Waals surface area (Å²) in [7, 11) is 3.72. The predicted molar refractivity (Wildman–Crippen MR) is 146 cm³/mol. The molecule has 7 nitrogen and oxygen atoms in total.